The summed E-state index contributed by atoms with van der Waals surface area (Å²) in [6, 6.07) is 15.0. The fourth-order valence-corrected chi connectivity index (χ4v) is 7.28. The van der Waals surface area contributed by atoms with Gasteiger partial charge in [-0.25, -0.2) is 12.7 Å². The second-order valence-electron chi connectivity index (χ2n) is 9.06. The van der Waals surface area contributed by atoms with Crippen molar-refractivity contribution in [2.45, 2.75) is 55.6 Å². The van der Waals surface area contributed by atoms with Crippen LogP contribution in [0.3, 0.4) is 0 Å². The topological polar surface area (TPSA) is 78.0 Å². The number of carbonyl (C=O) groups is 2. The minimum atomic E-state index is -3.95. The van der Waals surface area contributed by atoms with Crippen molar-refractivity contribution in [2.24, 2.45) is 0 Å². The molecule has 5 rings (SSSR count). The van der Waals surface area contributed by atoms with Gasteiger partial charge in [0.15, 0.2) is 0 Å². The molecule has 2 amide bonds. The number of nitrogens with zero attached hydrogens (tertiary/aromatic N) is 3. The highest BCUT2D eigenvalue weighted by molar-refractivity contribution is 7.92. The van der Waals surface area contributed by atoms with E-state index in [1.807, 2.05) is 32.0 Å². The quantitative estimate of drug-likeness (QED) is 0.698. The molecular weight excluding hydrogens is 426 g/mol. The summed E-state index contributed by atoms with van der Waals surface area (Å²) in [4.78, 5) is 30.0. The lowest BCUT2D eigenvalue weighted by Crippen LogP contribution is -2.63. The number of amides is 2. The molecule has 0 aromatic heterocycles. The first kappa shape index (κ1) is 21.0. The van der Waals surface area contributed by atoms with Crippen LogP contribution in [-0.4, -0.2) is 55.3 Å². The fraction of sp³-hybridized carbons (Fsp3) is 0.417. The summed E-state index contributed by atoms with van der Waals surface area (Å²) in [5.41, 5.74) is 0.769. The molecule has 0 unspecified atom stereocenters. The van der Waals surface area contributed by atoms with E-state index in [9.17, 15) is 18.0 Å². The Labute approximate surface area is 188 Å². The first-order valence-corrected chi connectivity index (χ1v) is 12.5. The summed E-state index contributed by atoms with van der Waals surface area (Å²) in [5, 5.41) is 0. The van der Waals surface area contributed by atoms with Crippen LogP contribution in [0.5, 0.6) is 0 Å². The van der Waals surface area contributed by atoms with Gasteiger partial charge in [0.1, 0.15) is 12.2 Å². The highest BCUT2D eigenvalue weighted by Gasteiger charge is 2.65. The lowest BCUT2D eigenvalue weighted by molar-refractivity contribution is -0.155. The van der Waals surface area contributed by atoms with Crippen LogP contribution in [0.4, 0.5) is 5.69 Å². The molecule has 0 radical (unpaired) electrons. The van der Waals surface area contributed by atoms with Crippen molar-refractivity contribution >= 4 is 27.5 Å². The second-order valence-corrected chi connectivity index (χ2v) is 10.9. The zero-order chi connectivity index (χ0) is 22.7. The van der Waals surface area contributed by atoms with Crippen molar-refractivity contribution in [1.82, 2.24) is 9.80 Å². The lowest BCUT2D eigenvalue weighted by atomic mass is 9.80. The number of unbranched alkanes of at least 4 members (excludes halogenated alkanes) is 1. The van der Waals surface area contributed by atoms with Gasteiger partial charge in [0.25, 0.3) is 10.0 Å². The van der Waals surface area contributed by atoms with Crippen LogP contribution in [0.15, 0.2) is 59.5 Å². The monoisotopic (exact) mass is 453 g/mol. The van der Waals surface area contributed by atoms with Crippen LogP contribution >= 0.6 is 0 Å². The zero-order valence-corrected chi connectivity index (χ0v) is 19.1. The van der Waals surface area contributed by atoms with E-state index in [0.717, 1.165) is 18.4 Å². The van der Waals surface area contributed by atoms with Crippen LogP contribution in [0, 0.1) is 0 Å². The Morgan fingerprint density at radius 1 is 1.03 bits per heavy atom. The van der Waals surface area contributed by atoms with Gasteiger partial charge in [0.2, 0.25) is 11.8 Å². The Balaban J connectivity index is 1.64. The first-order chi connectivity index (χ1) is 15.3. The smallest absolute Gasteiger partial charge is 0.266 e. The number of hydrogen-bond acceptors (Lipinski definition) is 4. The van der Waals surface area contributed by atoms with E-state index in [1.165, 1.54) is 4.31 Å². The van der Waals surface area contributed by atoms with Crippen LogP contribution in [0.1, 0.15) is 38.7 Å². The van der Waals surface area contributed by atoms with E-state index in [1.54, 1.807) is 46.2 Å². The van der Waals surface area contributed by atoms with Gasteiger partial charge in [0.05, 0.1) is 17.1 Å². The van der Waals surface area contributed by atoms with Crippen molar-refractivity contribution in [1.29, 1.82) is 0 Å². The SMILES string of the molecule is CCCCN1CC(=O)N2[C@H](C[C@@]3(C)c4ccccc4N(S(=O)(=O)c4ccccc4)[C@@H]23)C1=O. The molecule has 8 heteroatoms. The van der Waals surface area contributed by atoms with Gasteiger partial charge in [-0.3, -0.25) is 9.59 Å². The minimum Gasteiger partial charge on any atom is -0.332 e. The second kappa shape index (κ2) is 7.33. The Bertz CT molecular complexity index is 1180. The maximum atomic E-state index is 13.8. The van der Waals surface area contributed by atoms with Gasteiger partial charge in [-0.05, 0) is 36.6 Å². The summed E-state index contributed by atoms with van der Waals surface area (Å²) >= 11 is 0. The van der Waals surface area contributed by atoms with E-state index in [2.05, 4.69) is 0 Å². The number of anilines is 1. The van der Waals surface area contributed by atoms with Gasteiger partial charge < -0.3 is 9.80 Å². The third-order valence-electron chi connectivity index (χ3n) is 7.06. The number of carbonyl (C=O) groups excluding carboxylic acids is 2. The lowest BCUT2D eigenvalue weighted by Gasteiger charge is -2.42. The summed E-state index contributed by atoms with van der Waals surface area (Å²) in [7, 11) is -3.95. The Hall–Kier alpha value is -2.87. The number of para-hydroxylation sites is 1. The molecule has 32 heavy (non-hydrogen) atoms. The van der Waals surface area contributed by atoms with E-state index in [4.69, 9.17) is 0 Å². The molecule has 0 N–H and O–H groups in total. The van der Waals surface area contributed by atoms with Crippen molar-refractivity contribution in [2.75, 3.05) is 17.4 Å². The maximum Gasteiger partial charge on any atom is 0.266 e. The van der Waals surface area contributed by atoms with Crippen LogP contribution < -0.4 is 4.31 Å². The summed E-state index contributed by atoms with van der Waals surface area (Å²) < 4.78 is 29.1. The summed E-state index contributed by atoms with van der Waals surface area (Å²) in [6.07, 6.45) is 1.41. The molecule has 0 bridgehead atoms. The summed E-state index contributed by atoms with van der Waals surface area (Å²) in [5.74, 6) is -0.274. The maximum absolute atomic E-state index is 13.8. The van der Waals surface area contributed by atoms with Crippen LogP contribution in [0.2, 0.25) is 0 Å². The van der Waals surface area contributed by atoms with Crippen molar-refractivity contribution in [3.63, 3.8) is 0 Å². The van der Waals surface area contributed by atoms with Crippen molar-refractivity contribution < 1.29 is 18.0 Å². The van der Waals surface area contributed by atoms with E-state index < -0.39 is 27.6 Å². The predicted octanol–water partition coefficient (Wildman–Crippen LogP) is 2.72. The Kier molecular flexibility index (Phi) is 4.81. The molecule has 2 saturated heterocycles. The number of rotatable bonds is 5. The molecule has 0 saturated carbocycles. The summed E-state index contributed by atoms with van der Waals surface area (Å²) in [6.45, 7) is 4.58. The third kappa shape index (κ3) is 2.81. The largest absolute Gasteiger partial charge is 0.332 e. The fourth-order valence-electron chi connectivity index (χ4n) is 5.54. The normalized spacial score (nSPS) is 26.9. The van der Waals surface area contributed by atoms with Crippen LogP contribution in [-0.2, 0) is 25.0 Å². The number of sulfonamides is 1. The molecule has 2 aromatic rings. The average Bonchev–Trinajstić information content (AvgIpc) is 3.24. The highest BCUT2D eigenvalue weighted by atomic mass is 32.2. The molecule has 3 aliphatic rings. The van der Waals surface area contributed by atoms with Crippen LogP contribution in [0.25, 0.3) is 0 Å². The standard InChI is InChI=1S/C24H27N3O4S/c1-3-4-14-25-16-21(28)26-20(22(25)29)15-24(2)18-12-8-9-13-19(18)27(23(24)26)32(30,31)17-10-6-5-7-11-17/h5-13,20,23H,3-4,14-16H2,1-2H3/t20-,23-,24+/m1/s1. The van der Waals surface area contributed by atoms with Gasteiger partial charge in [-0.2, -0.15) is 0 Å². The molecule has 7 nitrogen and oxygen atoms in total. The number of hydrogen-bond donors (Lipinski definition) is 0. The number of fused-ring (bicyclic) bond motifs is 5. The number of benzene rings is 2. The van der Waals surface area contributed by atoms with E-state index in [-0.39, 0.29) is 23.3 Å². The van der Waals surface area contributed by atoms with Gasteiger partial charge in [-0.1, -0.05) is 56.7 Å². The third-order valence-corrected chi connectivity index (χ3v) is 8.84. The molecule has 3 atom stereocenters. The van der Waals surface area contributed by atoms with Crippen molar-refractivity contribution in [3.8, 4) is 0 Å². The molecular formula is C24H27N3O4S. The average molecular weight is 454 g/mol. The molecule has 0 spiro atoms. The van der Waals surface area contributed by atoms with Crippen molar-refractivity contribution in [3.05, 3.63) is 60.2 Å². The zero-order valence-electron chi connectivity index (χ0n) is 18.3. The molecule has 0 aliphatic carbocycles. The molecule has 2 aromatic carbocycles. The van der Waals surface area contributed by atoms with Gasteiger partial charge in [-0.15, -0.1) is 0 Å². The molecule has 3 aliphatic heterocycles. The first-order valence-electron chi connectivity index (χ1n) is 11.1. The minimum absolute atomic E-state index is 0.00250. The van der Waals surface area contributed by atoms with Gasteiger partial charge >= 0.3 is 0 Å². The highest BCUT2D eigenvalue weighted by Crippen LogP contribution is 2.56. The number of piperazine rings is 1. The van der Waals surface area contributed by atoms with E-state index >= 15 is 0 Å². The molecule has 3 heterocycles. The molecule has 168 valence electrons. The molecule has 2 fully saturated rings. The Morgan fingerprint density at radius 3 is 2.44 bits per heavy atom. The van der Waals surface area contributed by atoms with E-state index in [0.29, 0.717) is 18.7 Å². The predicted molar refractivity (Wildman–Crippen MR) is 120 cm³/mol. The van der Waals surface area contributed by atoms with Gasteiger partial charge in [0, 0.05) is 12.0 Å². The Morgan fingerprint density at radius 2 is 1.72 bits per heavy atom.